The third-order valence-electron chi connectivity index (χ3n) is 4.11. The monoisotopic (exact) mass is 334 g/mol. The molecule has 0 aliphatic carbocycles. The minimum Gasteiger partial charge on any atom is -0.490 e. The van der Waals surface area contributed by atoms with E-state index in [9.17, 15) is 4.39 Å². The number of hydrogen-bond acceptors (Lipinski definition) is 1. The third-order valence-corrected chi connectivity index (χ3v) is 4.11. The minimum atomic E-state index is -0.319. The van der Waals surface area contributed by atoms with Crippen LogP contribution in [0, 0.1) is 18.7 Å². The predicted octanol–water partition coefficient (Wildman–Crippen LogP) is 6.50. The lowest BCUT2D eigenvalue weighted by Gasteiger charge is -2.11. The van der Waals surface area contributed by atoms with Crippen molar-refractivity contribution in [3.63, 3.8) is 0 Å². The molecular weight excluding hydrogens is 311 g/mol. The van der Waals surface area contributed by atoms with E-state index in [-0.39, 0.29) is 5.82 Å². The fraction of sp³-hybridized carbons (Fsp3) is 0.217. The molecule has 0 spiro atoms. The molecule has 128 valence electrons. The quantitative estimate of drug-likeness (QED) is 0.517. The lowest BCUT2D eigenvalue weighted by Crippen LogP contribution is -2.05. The molecule has 0 unspecified atom stereocenters. The smallest absolute Gasteiger partial charge is 0.165 e. The topological polar surface area (TPSA) is 9.23 Å². The van der Waals surface area contributed by atoms with Crippen LogP contribution in [0.25, 0.3) is 22.3 Å². The van der Waals surface area contributed by atoms with Gasteiger partial charge in [0.15, 0.2) is 11.6 Å². The van der Waals surface area contributed by atoms with Crippen molar-refractivity contribution in [2.24, 2.45) is 5.92 Å². The SMILES string of the molecule is Cc1ccc(-c2ccc(-c3ccc(OCC(C)C)c(F)c3)cc2)cc1. The molecule has 0 saturated carbocycles. The molecule has 0 fully saturated rings. The van der Waals surface area contributed by atoms with Gasteiger partial charge in [-0.05, 0) is 47.2 Å². The van der Waals surface area contributed by atoms with Crippen molar-refractivity contribution in [3.05, 3.63) is 78.1 Å². The lowest BCUT2D eigenvalue weighted by molar-refractivity contribution is 0.259. The van der Waals surface area contributed by atoms with Crippen LogP contribution < -0.4 is 4.74 Å². The van der Waals surface area contributed by atoms with Crippen molar-refractivity contribution in [1.82, 2.24) is 0 Å². The van der Waals surface area contributed by atoms with Gasteiger partial charge in [-0.1, -0.05) is 74.0 Å². The highest BCUT2D eigenvalue weighted by Crippen LogP contribution is 2.28. The van der Waals surface area contributed by atoms with Gasteiger partial charge in [-0.3, -0.25) is 0 Å². The highest BCUT2D eigenvalue weighted by Gasteiger charge is 2.07. The Kier molecular flexibility index (Phi) is 5.18. The standard InChI is InChI=1S/C23H23FO/c1-16(2)15-25-23-13-12-21(14-22(23)24)20-10-8-19(9-11-20)18-6-4-17(3)5-7-18/h4-14,16H,15H2,1-3H3. The van der Waals surface area contributed by atoms with Gasteiger partial charge in [0.2, 0.25) is 0 Å². The van der Waals surface area contributed by atoms with E-state index in [1.165, 1.54) is 17.2 Å². The molecular formula is C23H23FO. The predicted molar refractivity (Wildman–Crippen MR) is 102 cm³/mol. The van der Waals surface area contributed by atoms with Crippen LogP contribution in [0.5, 0.6) is 5.75 Å². The summed E-state index contributed by atoms with van der Waals surface area (Å²) >= 11 is 0. The van der Waals surface area contributed by atoms with Crippen LogP contribution in [0.1, 0.15) is 19.4 Å². The molecule has 0 bridgehead atoms. The van der Waals surface area contributed by atoms with Crippen LogP contribution in [-0.2, 0) is 0 Å². The average Bonchev–Trinajstić information content (AvgIpc) is 2.61. The summed E-state index contributed by atoms with van der Waals surface area (Å²) in [5.74, 6) is 0.364. The second kappa shape index (κ2) is 7.52. The zero-order valence-corrected chi connectivity index (χ0v) is 14.9. The number of aryl methyl sites for hydroxylation is 1. The molecule has 3 aromatic carbocycles. The molecule has 0 saturated heterocycles. The maximum absolute atomic E-state index is 14.2. The van der Waals surface area contributed by atoms with Crippen molar-refractivity contribution < 1.29 is 9.13 Å². The van der Waals surface area contributed by atoms with Crippen molar-refractivity contribution >= 4 is 0 Å². The molecule has 0 N–H and O–H groups in total. The van der Waals surface area contributed by atoms with Crippen LogP contribution in [0.15, 0.2) is 66.7 Å². The zero-order chi connectivity index (χ0) is 17.8. The molecule has 0 amide bonds. The fourth-order valence-corrected chi connectivity index (χ4v) is 2.66. The summed E-state index contributed by atoms with van der Waals surface area (Å²) in [5.41, 5.74) is 5.42. The Labute approximate surface area is 149 Å². The fourth-order valence-electron chi connectivity index (χ4n) is 2.66. The van der Waals surface area contributed by atoms with Crippen molar-refractivity contribution in [2.45, 2.75) is 20.8 Å². The number of ether oxygens (including phenoxy) is 1. The minimum absolute atomic E-state index is 0.314. The van der Waals surface area contributed by atoms with Crippen LogP contribution in [0.4, 0.5) is 4.39 Å². The first-order valence-corrected chi connectivity index (χ1v) is 8.63. The van der Waals surface area contributed by atoms with Crippen molar-refractivity contribution in [1.29, 1.82) is 0 Å². The highest BCUT2D eigenvalue weighted by molar-refractivity contribution is 5.70. The van der Waals surface area contributed by atoms with Gasteiger partial charge in [-0.25, -0.2) is 4.39 Å². The normalized spacial score (nSPS) is 10.9. The van der Waals surface area contributed by atoms with E-state index in [1.54, 1.807) is 6.07 Å². The summed E-state index contributed by atoms with van der Waals surface area (Å²) in [7, 11) is 0. The first-order valence-electron chi connectivity index (χ1n) is 8.63. The van der Waals surface area contributed by atoms with Crippen LogP contribution >= 0.6 is 0 Å². The Balaban J connectivity index is 1.80. The Morgan fingerprint density at radius 2 is 1.24 bits per heavy atom. The van der Waals surface area contributed by atoms with Crippen LogP contribution in [-0.4, -0.2) is 6.61 Å². The summed E-state index contributed by atoms with van der Waals surface area (Å²) in [6.45, 7) is 6.68. The molecule has 2 heteroatoms. The molecule has 3 rings (SSSR count). The van der Waals surface area contributed by atoms with Gasteiger partial charge in [0.25, 0.3) is 0 Å². The number of rotatable bonds is 5. The van der Waals surface area contributed by atoms with Crippen LogP contribution in [0.3, 0.4) is 0 Å². The van der Waals surface area contributed by atoms with Gasteiger partial charge >= 0.3 is 0 Å². The Morgan fingerprint density at radius 3 is 1.76 bits per heavy atom. The summed E-state index contributed by atoms with van der Waals surface area (Å²) in [4.78, 5) is 0. The molecule has 25 heavy (non-hydrogen) atoms. The molecule has 3 aromatic rings. The number of hydrogen-bond donors (Lipinski definition) is 0. The van der Waals surface area contributed by atoms with E-state index in [0.717, 1.165) is 16.7 Å². The Hall–Kier alpha value is -2.61. The number of halogens is 1. The van der Waals surface area contributed by atoms with Gasteiger partial charge in [-0.15, -0.1) is 0 Å². The van der Waals surface area contributed by atoms with E-state index in [4.69, 9.17) is 4.74 Å². The molecule has 0 heterocycles. The van der Waals surface area contributed by atoms with E-state index in [2.05, 4.69) is 43.3 Å². The maximum atomic E-state index is 14.2. The Morgan fingerprint density at radius 1 is 0.760 bits per heavy atom. The third kappa shape index (κ3) is 4.27. The van der Waals surface area contributed by atoms with Gasteiger partial charge in [0, 0.05) is 0 Å². The van der Waals surface area contributed by atoms with Gasteiger partial charge < -0.3 is 4.74 Å². The molecule has 0 aliphatic rings. The highest BCUT2D eigenvalue weighted by atomic mass is 19.1. The van der Waals surface area contributed by atoms with E-state index >= 15 is 0 Å². The largest absolute Gasteiger partial charge is 0.490 e. The van der Waals surface area contributed by atoms with E-state index < -0.39 is 0 Å². The molecule has 0 aromatic heterocycles. The average molecular weight is 334 g/mol. The summed E-state index contributed by atoms with van der Waals surface area (Å²) in [5, 5.41) is 0. The zero-order valence-electron chi connectivity index (χ0n) is 14.9. The first kappa shape index (κ1) is 17.2. The molecule has 0 atom stereocenters. The number of benzene rings is 3. The second-order valence-corrected chi connectivity index (χ2v) is 6.79. The van der Waals surface area contributed by atoms with E-state index in [0.29, 0.717) is 18.3 Å². The summed E-state index contributed by atoms with van der Waals surface area (Å²) < 4.78 is 19.7. The second-order valence-electron chi connectivity index (χ2n) is 6.79. The summed E-state index contributed by atoms with van der Waals surface area (Å²) in [6.07, 6.45) is 0. The van der Waals surface area contributed by atoms with E-state index in [1.807, 2.05) is 32.0 Å². The molecule has 0 aliphatic heterocycles. The van der Waals surface area contributed by atoms with Gasteiger partial charge in [0.1, 0.15) is 0 Å². The molecule has 1 nitrogen and oxygen atoms in total. The van der Waals surface area contributed by atoms with Crippen molar-refractivity contribution in [3.8, 4) is 28.0 Å². The Bertz CT molecular complexity index is 833. The summed E-state index contributed by atoms with van der Waals surface area (Å²) in [6, 6.07) is 21.8. The lowest BCUT2D eigenvalue weighted by atomic mass is 9.99. The van der Waals surface area contributed by atoms with Crippen LogP contribution in [0.2, 0.25) is 0 Å². The molecule has 0 radical (unpaired) electrons. The maximum Gasteiger partial charge on any atom is 0.165 e. The first-order chi connectivity index (χ1) is 12.0. The van der Waals surface area contributed by atoms with Gasteiger partial charge in [-0.2, -0.15) is 0 Å². The van der Waals surface area contributed by atoms with Crippen molar-refractivity contribution in [2.75, 3.05) is 6.61 Å². The van der Waals surface area contributed by atoms with Gasteiger partial charge in [0.05, 0.1) is 6.61 Å².